The van der Waals surface area contributed by atoms with Crippen LogP contribution in [0.1, 0.15) is 26.7 Å². The highest BCUT2D eigenvalue weighted by Crippen LogP contribution is 2.09. The van der Waals surface area contributed by atoms with Gasteiger partial charge in [-0.1, -0.05) is 20.3 Å². The minimum Gasteiger partial charge on any atom is -0.315 e. The van der Waals surface area contributed by atoms with Crippen LogP contribution in [0.4, 0.5) is 0 Å². The Kier molecular flexibility index (Phi) is 4.34. The molecule has 2 unspecified atom stereocenters. The molecular weight excluding hydrogens is 200 g/mol. The van der Waals surface area contributed by atoms with E-state index in [1.165, 1.54) is 0 Å². The normalized spacial score (nSPS) is 25.1. The average Bonchev–Trinajstić information content (AvgIpc) is 2.67. The minimum absolute atomic E-state index is 0.230. The van der Waals surface area contributed by atoms with Crippen molar-refractivity contribution in [1.29, 1.82) is 0 Å². The monoisotopic (exact) mass is 220 g/mol. The largest absolute Gasteiger partial charge is 0.315 e. The molecule has 4 nitrogen and oxygen atoms in total. The highest BCUT2D eigenvalue weighted by Gasteiger charge is 2.28. The lowest BCUT2D eigenvalue weighted by atomic mass is 10.1. The Morgan fingerprint density at radius 3 is 2.79 bits per heavy atom. The summed E-state index contributed by atoms with van der Waals surface area (Å²) >= 11 is 0. The molecule has 2 atom stereocenters. The van der Waals surface area contributed by atoms with Crippen LogP contribution in [-0.4, -0.2) is 33.3 Å². The van der Waals surface area contributed by atoms with Gasteiger partial charge in [-0.3, -0.25) is 0 Å². The fourth-order valence-corrected chi connectivity index (χ4v) is 2.93. The third-order valence-corrected chi connectivity index (χ3v) is 4.63. The molecule has 0 aromatic carbocycles. The Morgan fingerprint density at radius 2 is 2.29 bits per heavy atom. The van der Waals surface area contributed by atoms with Crippen molar-refractivity contribution in [3.63, 3.8) is 0 Å². The van der Waals surface area contributed by atoms with Crippen LogP contribution in [0, 0.1) is 5.92 Å². The van der Waals surface area contributed by atoms with E-state index in [4.69, 9.17) is 0 Å². The molecule has 0 spiro atoms. The Bertz CT molecular complexity index is 258. The zero-order valence-corrected chi connectivity index (χ0v) is 9.73. The minimum atomic E-state index is -3.08. The van der Waals surface area contributed by atoms with Gasteiger partial charge in [-0.05, 0) is 18.9 Å². The van der Waals surface area contributed by atoms with Crippen LogP contribution >= 0.6 is 0 Å². The lowest BCUT2D eigenvalue weighted by Crippen LogP contribution is -2.37. The summed E-state index contributed by atoms with van der Waals surface area (Å²) in [6.45, 7) is 6.09. The van der Waals surface area contributed by atoms with Gasteiger partial charge in [-0.15, -0.1) is 0 Å². The first kappa shape index (κ1) is 11.9. The lowest BCUT2D eigenvalue weighted by molar-refractivity contribution is 0.522. The number of hydrogen-bond acceptors (Lipinski definition) is 3. The SMILES string of the molecule is CCC(C)CNS(=O)(=O)C1CCNC1. The van der Waals surface area contributed by atoms with E-state index in [2.05, 4.69) is 23.9 Å². The van der Waals surface area contributed by atoms with Crippen LogP contribution in [0.3, 0.4) is 0 Å². The van der Waals surface area contributed by atoms with Crippen LogP contribution in [0.25, 0.3) is 0 Å². The Hall–Kier alpha value is -0.130. The maximum absolute atomic E-state index is 11.7. The van der Waals surface area contributed by atoms with Crippen molar-refractivity contribution in [1.82, 2.24) is 10.0 Å². The van der Waals surface area contributed by atoms with E-state index >= 15 is 0 Å². The molecule has 5 heteroatoms. The quantitative estimate of drug-likeness (QED) is 0.701. The number of nitrogens with one attached hydrogen (secondary N) is 2. The molecule has 0 aromatic heterocycles. The van der Waals surface area contributed by atoms with Crippen molar-refractivity contribution < 1.29 is 8.42 Å². The molecule has 1 rings (SSSR count). The summed E-state index contributed by atoms with van der Waals surface area (Å²) in [5.41, 5.74) is 0. The molecule has 1 heterocycles. The van der Waals surface area contributed by atoms with Gasteiger partial charge in [0.1, 0.15) is 0 Å². The molecule has 1 saturated heterocycles. The van der Waals surface area contributed by atoms with Crippen molar-refractivity contribution in [2.75, 3.05) is 19.6 Å². The third-order valence-electron chi connectivity index (χ3n) is 2.78. The molecule has 1 aliphatic heterocycles. The predicted octanol–water partition coefficient (Wildman–Crippen LogP) is 0.314. The number of hydrogen-bond donors (Lipinski definition) is 2. The molecule has 0 saturated carbocycles. The highest BCUT2D eigenvalue weighted by molar-refractivity contribution is 7.90. The molecule has 1 aliphatic rings. The zero-order valence-electron chi connectivity index (χ0n) is 8.91. The Morgan fingerprint density at radius 1 is 1.57 bits per heavy atom. The third kappa shape index (κ3) is 3.22. The van der Waals surface area contributed by atoms with Gasteiger partial charge >= 0.3 is 0 Å². The van der Waals surface area contributed by atoms with Gasteiger partial charge in [0.15, 0.2) is 0 Å². The summed E-state index contributed by atoms with van der Waals surface area (Å²) in [5, 5.41) is 2.83. The van der Waals surface area contributed by atoms with E-state index < -0.39 is 10.0 Å². The van der Waals surface area contributed by atoms with Gasteiger partial charge < -0.3 is 5.32 Å². The topological polar surface area (TPSA) is 58.2 Å². The first-order chi connectivity index (χ1) is 6.56. The van der Waals surface area contributed by atoms with Crippen LogP contribution < -0.4 is 10.0 Å². The molecule has 84 valence electrons. The van der Waals surface area contributed by atoms with Crippen LogP contribution in [-0.2, 0) is 10.0 Å². The first-order valence-electron chi connectivity index (χ1n) is 5.25. The molecule has 0 amide bonds. The lowest BCUT2D eigenvalue weighted by Gasteiger charge is -2.14. The van der Waals surface area contributed by atoms with Crippen LogP contribution in [0.2, 0.25) is 0 Å². The predicted molar refractivity (Wildman–Crippen MR) is 57.7 cm³/mol. The maximum Gasteiger partial charge on any atom is 0.215 e. The second-order valence-corrected chi connectivity index (χ2v) is 6.07. The molecule has 0 aromatic rings. The molecular formula is C9H20N2O2S. The van der Waals surface area contributed by atoms with Crippen LogP contribution in [0.5, 0.6) is 0 Å². The first-order valence-corrected chi connectivity index (χ1v) is 6.80. The average molecular weight is 220 g/mol. The highest BCUT2D eigenvalue weighted by atomic mass is 32.2. The molecule has 1 fully saturated rings. The second-order valence-electron chi connectivity index (χ2n) is 4.02. The Balaban J connectivity index is 2.41. The number of sulfonamides is 1. The van der Waals surface area contributed by atoms with E-state index in [9.17, 15) is 8.42 Å². The smallest absolute Gasteiger partial charge is 0.215 e. The van der Waals surface area contributed by atoms with Crippen molar-refractivity contribution in [2.24, 2.45) is 5.92 Å². The van der Waals surface area contributed by atoms with Gasteiger partial charge in [0, 0.05) is 13.1 Å². The second kappa shape index (κ2) is 5.09. The van der Waals surface area contributed by atoms with Crippen LogP contribution in [0.15, 0.2) is 0 Å². The van der Waals surface area contributed by atoms with Gasteiger partial charge in [-0.25, -0.2) is 13.1 Å². The summed E-state index contributed by atoms with van der Waals surface area (Å²) in [7, 11) is -3.08. The van der Waals surface area contributed by atoms with Crippen molar-refractivity contribution in [3.05, 3.63) is 0 Å². The van der Waals surface area contributed by atoms with Crippen molar-refractivity contribution in [2.45, 2.75) is 31.9 Å². The summed E-state index contributed by atoms with van der Waals surface area (Å²) < 4.78 is 26.1. The number of rotatable bonds is 5. The van der Waals surface area contributed by atoms with Gasteiger partial charge in [-0.2, -0.15) is 0 Å². The molecule has 0 aliphatic carbocycles. The molecule has 14 heavy (non-hydrogen) atoms. The zero-order chi connectivity index (χ0) is 10.6. The van der Waals surface area contributed by atoms with Crippen molar-refractivity contribution >= 4 is 10.0 Å². The summed E-state index contributed by atoms with van der Waals surface area (Å²) in [6, 6.07) is 0. The Labute approximate surface area is 86.5 Å². The fraction of sp³-hybridized carbons (Fsp3) is 1.00. The van der Waals surface area contributed by atoms with E-state index in [1.807, 2.05) is 0 Å². The van der Waals surface area contributed by atoms with E-state index in [0.29, 0.717) is 19.0 Å². The van der Waals surface area contributed by atoms with Crippen molar-refractivity contribution in [3.8, 4) is 0 Å². The van der Waals surface area contributed by atoms with Gasteiger partial charge in [0.25, 0.3) is 0 Å². The van der Waals surface area contributed by atoms with E-state index in [0.717, 1.165) is 19.4 Å². The maximum atomic E-state index is 11.7. The molecule has 0 bridgehead atoms. The van der Waals surface area contributed by atoms with Gasteiger partial charge in [0.05, 0.1) is 5.25 Å². The summed E-state index contributed by atoms with van der Waals surface area (Å²) in [6.07, 6.45) is 1.74. The molecule has 2 N–H and O–H groups in total. The summed E-state index contributed by atoms with van der Waals surface area (Å²) in [5.74, 6) is 0.416. The fourth-order valence-electron chi connectivity index (χ4n) is 1.41. The molecule has 0 radical (unpaired) electrons. The van der Waals surface area contributed by atoms with Gasteiger partial charge in [0.2, 0.25) is 10.0 Å². The standard InChI is InChI=1S/C9H20N2O2S/c1-3-8(2)6-11-14(12,13)9-4-5-10-7-9/h8-11H,3-7H2,1-2H3. The van der Waals surface area contributed by atoms with E-state index in [1.54, 1.807) is 0 Å². The van der Waals surface area contributed by atoms with E-state index in [-0.39, 0.29) is 5.25 Å². The summed E-state index contributed by atoms with van der Waals surface area (Å²) in [4.78, 5) is 0.